The smallest absolute Gasteiger partial charge is 0.123 e. The molecule has 6 nitrogen and oxygen atoms in total. The van der Waals surface area contributed by atoms with Gasteiger partial charge < -0.3 is 10.6 Å². The third kappa shape index (κ3) is 7.66. The number of rotatable bonds is 7. The van der Waals surface area contributed by atoms with Crippen LogP contribution in [0.4, 0.5) is 0 Å². The summed E-state index contributed by atoms with van der Waals surface area (Å²) in [6.45, 7) is 7.27. The molecule has 16 heavy (non-hydrogen) atoms. The second kappa shape index (κ2) is 9.82. The summed E-state index contributed by atoms with van der Waals surface area (Å²) in [6, 6.07) is 0. The summed E-state index contributed by atoms with van der Waals surface area (Å²) in [7, 11) is 0. The van der Waals surface area contributed by atoms with Gasteiger partial charge in [-0.05, 0) is 26.8 Å². The molecule has 2 N–H and O–H groups in total. The number of hydrogen-bond donors (Lipinski definition) is 2. The van der Waals surface area contributed by atoms with Crippen LogP contribution in [0.15, 0.2) is 27.1 Å². The maximum atomic E-state index is 9.87. The number of nitrogens with zero attached hydrogens (tertiary/aromatic N) is 3. The van der Waals surface area contributed by atoms with Crippen LogP contribution in [0.2, 0.25) is 0 Å². The van der Waals surface area contributed by atoms with Crippen molar-refractivity contribution in [3.8, 4) is 0 Å². The normalized spacial score (nSPS) is 12.9. The molecule has 0 unspecified atom stereocenters. The molecule has 0 aromatic rings. The lowest BCUT2D eigenvalue weighted by Crippen LogP contribution is -2.19. The molecular weight excluding hydrogens is 206 g/mol. The molecule has 0 atom stereocenters. The number of hydrogen-bond acceptors (Lipinski definition) is 4. The molecule has 0 aromatic carbocycles. The fourth-order valence-corrected chi connectivity index (χ4v) is 0.931. The van der Waals surface area contributed by atoms with E-state index < -0.39 is 0 Å². The first-order valence-electron chi connectivity index (χ1n) is 5.24. The van der Waals surface area contributed by atoms with E-state index in [0.717, 1.165) is 12.4 Å². The van der Waals surface area contributed by atoms with Gasteiger partial charge in [0.05, 0.1) is 6.54 Å². The van der Waals surface area contributed by atoms with Gasteiger partial charge in [-0.1, -0.05) is 5.18 Å². The molecule has 0 saturated carbocycles. The number of allylic oxidation sites excluding steroid dienone is 1. The summed E-state index contributed by atoms with van der Waals surface area (Å²) in [6.07, 6.45) is 3.27. The van der Waals surface area contributed by atoms with Crippen molar-refractivity contribution < 1.29 is 0 Å². The molecule has 0 fully saturated rings. The molecular formula is C10H19N5O. The minimum Gasteiger partial charge on any atom is -0.374 e. The molecule has 0 spiro atoms. The summed E-state index contributed by atoms with van der Waals surface area (Å²) >= 11 is 0. The lowest BCUT2D eigenvalue weighted by molar-refractivity contribution is 0.785. The Hall–Kier alpha value is -1.72. The molecule has 0 heterocycles. The number of nitrogens with one attached hydrogen (secondary N) is 2. The fraction of sp³-hybridized carbons (Fsp3) is 0.600. The van der Waals surface area contributed by atoms with Crippen molar-refractivity contribution >= 4 is 12.2 Å². The van der Waals surface area contributed by atoms with Crippen LogP contribution in [0.5, 0.6) is 0 Å². The average Bonchev–Trinajstić information content (AvgIpc) is 2.27. The summed E-state index contributed by atoms with van der Waals surface area (Å²) < 4.78 is 0. The molecule has 0 radical (unpaired) electrons. The van der Waals surface area contributed by atoms with E-state index in [1.54, 1.807) is 6.08 Å². The van der Waals surface area contributed by atoms with E-state index in [0.29, 0.717) is 12.4 Å². The molecule has 0 saturated heterocycles. The van der Waals surface area contributed by atoms with Crippen molar-refractivity contribution in [2.75, 3.05) is 19.6 Å². The predicted octanol–water partition coefficient (Wildman–Crippen LogP) is 1.26. The first kappa shape index (κ1) is 14.3. The van der Waals surface area contributed by atoms with E-state index in [1.807, 2.05) is 20.8 Å². The minimum absolute atomic E-state index is 0.229. The Morgan fingerprint density at radius 2 is 2.12 bits per heavy atom. The van der Waals surface area contributed by atoms with Crippen LogP contribution in [0.3, 0.4) is 0 Å². The van der Waals surface area contributed by atoms with Crippen molar-refractivity contribution in [1.82, 2.24) is 10.6 Å². The molecule has 0 aromatic heterocycles. The third-order valence-corrected chi connectivity index (χ3v) is 1.66. The topological polar surface area (TPSA) is 78.2 Å². The molecule has 0 rings (SSSR count). The van der Waals surface area contributed by atoms with Crippen molar-refractivity contribution in [3.05, 3.63) is 16.8 Å². The van der Waals surface area contributed by atoms with Gasteiger partial charge in [-0.3, -0.25) is 0 Å². The third-order valence-electron chi connectivity index (χ3n) is 1.66. The number of nitroso groups, excluding NO2 is 1. The van der Waals surface area contributed by atoms with Crippen LogP contribution >= 0.6 is 0 Å². The highest BCUT2D eigenvalue weighted by atomic mass is 16.3. The average molecular weight is 225 g/mol. The summed E-state index contributed by atoms with van der Waals surface area (Å²) in [5, 5.41) is 8.75. The second-order valence-electron chi connectivity index (χ2n) is 2.94. The van der Waals surface area contributed by atoms with Crippen molar-refractivity contribution in [3.63, 3.8) is 0 Å². The largest absolute Gasteiger partial charge is 0.374 e. The van der Waals surface area contributed by atoms with E-state index in [2.05, 4.69) is 25.8 Å². The molecule has 0 aliphatic rings. The van der Waals surface area contributed by atoms with Gasteiger partial charge in [-0.2, -0.15) is 4.91 Å². The first-order valence-corrected chi connectivity index (χ1v) is 5.24. The molecule has 0 aliphatic heterocycles. The first-order chi connectivity index (χ1) is 7.74. The maximum Gasteiger partial charge on any atom is 0.123 e. The fourth-order valence-electron chi connectivity index (χ4n) is 0.931. The number of aliphatic imine (C=N–C) groups is 2. The van der Waals surface area contributed by atoms with Gasteiger partial charge in [0.15, 0.2) is 0 Å². The Morgan fingerprint density at radius 1 is 1.38 bits per heavy atom. The van der Waals surface area contributed by atoms with Gasteiger partial charge in [-0.15, -0.1) is 0 Å². The highest BCUT2D eigenvalue weighted by Gasteiger charge is 1.90. The van der Waals surface area contributed by atoms with Crippen LogP contribution in [-0.4, -0.2) is 31.8 Å². The lowest BCUT2D eigenvalue weighted by atomic mass is 10.5. The maximum absolute atomic E-state index is 9.87. The van der Waals surface area contributed by atoms with Crippen LogP contribution < -0.4 is 10.6 Å². The van der Waals surface area contributed by atoms with Gasteiger partial charge in [0.1, 0.15) is 18.0 Å². The zero-order chi connectivity index (χ0) is 12.2. The Labute approximate surface area is 95.9 Å². The Morgan fingerprint density at radius 3 is 2.69 bits per heavy atom. The summed E-state index contributed by atoms with van der Waals surface area (Å²) in [4.78, 5) is 18.0. The summed E-state index contributed by atoms with van der Waals surface area (Å²) in [5.74, 6) is 1.49. The molecule has 90 valence electrons. The van der Waals surface area contributed by atoms with E-state index in [4.69, 9.17) is 0 Å². The minimum atomic E-state index is 0.229. The standard InChI is InChI=1S/C10H19N5O/c1-4-10(12-6-7-15-16)14-8-13-9(3)11-5-2/h4,8,12H,5-7H2,1-3H3,(H,11,13,14)/b10-4+. The van der Waals surface area contributed by atoms with Crippen LogP contribution in [-0.2, 0) is 0 Å². The van der Waals surface area contributed by atoms with Gasteiger partial charge in [0, 0.05) is 13.1 Å². The molecule has 0 aliphatic carbocycles. The molecule has 6 heteroatoms. The van der Waals surface area contributed by atoms with Gasteiger partial charge in [0.25, 0.3) is 0 Å². The Balaban J connectivity index is 4.07. The zero-order valence-electron chi connectivity index (χ0n) is 10.0. The van der Waals surface area contributed by atoms with Crippen LogP contribution in [0, 0.1) is 4.91 Å². The molecule has 0 bridgehead atoms. The Kier molecular flexibility index (Phi) is 8.76. The Bertz CT molecular complexity index is 283. The highest BCUT2D eigenvalue weighted by Crippen LogP contribution is 1.89. The van der Waals surface area contributed by atoms with Crippen LogP contribution in [0.1, 0.15) is 20.8 Å². The van der Waals surface area contributed by atoms with E-state index in [9.17, 15) is 4.91 Å². The highest BCUT2D eigenvalue weighted by molar-refractivity contribution is 5.86. The lowest BCUT2D eigenvalue weighted by Gasteiger charge is -2.02. The van der Waals surface area contributed by atoms with Gasteiger partial charge in [0.2, 0.25) is 0 Å². The van der Waals surface area contributed by atoms with Crippen molar-refractivity contribution in [2.45, 2.75) is 20.8 Å². The second-order valence-corrected chi connectivity index (χ2v) is 2.94. The van der Waals surface area contributed by atoms with E-state index in [-0.39, 0.29) is 6.54 Å². The predicted molar refractivity (Wildman–Crippen MR) is 67.7 cm³/mol. The molecule has 0 amide bonds. The van der Waals surface area contributed by atoms with Gasteiger partial charge >= 0.3 is 0 Å². The van der Waals surface area contributed by atoms with Crippen molar-refractivity contribution in [2.24, 2.45) is 15.2 Å². The summed E-state index contributed by atoms with van der Waals surface area (Å²) in [5.41, 5.74) is 0. The van der Waals surface area contributed by atoms with Crippen molar-refractivity contribution in [1.29, 1.82) is 0 Å². The quantitative estimate of drug-likeness (QED) is 0.296. The van der Waals surface area contributed by atoms with E-state index in [1.165, 1.54) is 6.34 Å². The van der Waals surface area contributed by atoms with Gasteiger partial charge in [-0.25, -0.2) is 9.98 Å². The van der Waals surface area contributed by atoms with Crippen LogP contribution in [0.25, 0.3) is 0 Å². The monoisotopic (exact) mass is 225 g/mol. The van der Waals surface area contributed by atoms with E-state index >= 15 is 0 Å². The zero-order valence-corrected chi connectivity index (χ0v) is 10.0. The number of amidine groups is 1. The SMILES string of the molecule is C/C=C(/N=C\N=C(/C)NCC)NCCN=O.